The molecule has 0 aliphatic heterocycles. The van der Waals surface area contributed by atoms with Crippen LogP contribution < -0.4 is 10.6 Å². The summed E-state index contributed by atoms with van der Waals surface area (Å²) in [5.74, 6) is 0. The Morgan fingerprint density at radius 2 is 0.714 bits per heavy atom. The van der Waals surface area contributed by atoms with Crippen molar-refractivity contribution in [3.05, 3.63) is 154 Å². The maximum absolute atomic E-state index is 11.5. The molecule has 10 nitrogen and oxygen atoms in total. The molecule has 0 aromatic rings. The zero-order valence-corrected chi connectivity index (χ0v) is 34.9. The van der Waals surface area contributed by atoms with Crippen LogP contribution in [0.5, 0.6) is 0 Å². The van der Waals surface area contributed by atoms with E-state index < -0.39 is 24.4 Å². The van der Waals surface area contributed by atoms with Crippen LogP contribution in [0, 0.1) is 0 Å². The number of imide groups is 2. The predicted molar refractivity (Wildman–Crippen MR) is 228 cm³/mol. The number of carbonyl (C=O) groups excluding carboxylic acids is 4. The fourth-order valence-electron chi connectivity index (χ4n) is 4.15. The Hall–Kier alpha value is -5.90. The van der Waals surface area contributed by atoms with Crippen LogP contribution in [-0.4, -0.2) is 51.8 Å². The molecule has 0 rings (SSSR count). The van der Waals surface area contributed by atoms with Crippen LogP contribution in [0.4, 0.5) is 19.2 Å². The topological polar surface area (TPSA) is 129 Å². The number of alkyl carbamates (subject to hydrolysis) is 4. The average molecular weight is 771 g/mol. The smallest absolute Gasteiger partial charge is 0.416 e. The Labute approximate surface area is 334 Å². The van der Waals surface area contributed by atoms with Crippen LogP contribution in [0.25, 0.3) is 0 Å². The fourth-order valence-corrected chi connectivity index (χ4v) is 4.15. The fraction of sp³-hybridized carbons (Fsp3) is 0.348. The predicted octanol–water partition coefficient (Wildman–Crippen LogP) is 11.9. The molecule has 0 aliphatic rings. The minimum Gasteiger partial charge on any atom is -0.453 e. The van der Waals surface area contributed by atoms with Crippen LogP contribution in [0.3, 0.4) is 0 Å². The third-order valence-corrected chi connectivity index (χ3v) is 7.45. The Bertz CT molecular complexity index is 1580. The highest BCUT2D eigenvalue weighted by molar-refractivity contribution is 5.87. The third-order valence-electron chi connectivity index (χ3n) is 7.45. The van der Waals surface area contributed by atoms with Gasteiger partial charge in [-0.05, 0) is 92.2 Å². The molecule has 0 heterocycles. The molecule has 0 saturated heterocycles. The lowest BCUT2D eigenvalue weighted by molar-refractivity contribution is 0.138. The van der Waals surface area contributed by atoms with Crippen molar-refractivity contribution < 1.29 is 38.1 Å². The zero-order chi connectivity index (χ0) is 42.1. The summed E-state index contributed by atoms with van der Waals surface area (Å²) in [5, 5.41) is 3.89. The van der Waals surface area contributed by atoms with E-state index >= 15 is 0 Å². The largest absolute Gasteiger partial charge is 0.453 e. The van der Waals surface area contributed by atoms with E-state index in [0.29, 0.717) is 0 Å². The normalized spacial score (nSPS) is 14.4. The van der Waals surface area contributed by atoms with E-state index in [1.165, 1.54) is 25.4 Å². The van der Waals surface area contributed by atoms with E-state index in [4.69, 9.17) is 9.47 Å². The van der Waals surface area contributed by atoms with Crippen molar-refractivity contribution in [2.24, 2.45) is 0 Å². The molecule has 0 bridgehead atoms. The van der Waals surface area contributed by atoms with Gasteiger partial charge in [0.15, 0.2) is 0 Å². The molecule has 0 saturated carbocycles. The van der Waals surface area contributed by atoms with Crippen molar-refractivity contribution in [1.29, 1.82) is 0 Å². The quantitative estimate of drug-likeness (QED) is 0.0711. The van der Waals surface area contributed by atoms with Gasteiger partial charge in [0.05, 0.1) is 14.2 Å². The Balaban J connectivity index is 4.68. The molecule has 0 unspecified atom stereocenters. The molecule has 0 aromatic heterocycles. The van der Waals surface area contributed by atoms with Crippen LogP contribution >= 0.6 is 0 Å². The van der Waals surface area contributed by atoms with Gasteiger partial charge in [0.25, 0.3) is 0 Å². The zero-order valence-electron chi connectivity index (χ0n) is 34.9. The second kappa shape index (κ2) is 31.5. The lowest BCUT2D eigenvalue weighted by Crippen LogP contribution is -2.31. The standard InChI is InChI=1S/C46H62N2O8/c1-35(21-13-23-37(3)25-15-27-39(5)29-17-31-41(7)33-55-45(51)47-43(49)53-9)19-11-12-20-36(2)22-14-24-38(4)26-16-28-40(6)30-18-32-42(8)34-56-46(52)48-44(50)54-10/h11-16,19-28,31-32H,17-18,29-30,33-34H2,1-10H3,(H,47,49,51)(H,48,50,52)/b12-11+,21-13+,22-14+,25-15+,26-16+,35-19+,36-20+,37-23+,38-24+,39-27+,40-28+,41-31+,42-32+. The molecule has 2 N–H and O–H groups in total. The molecule has 0 aromatic carbocycles. The van der Waals surface area contributed by atoms with Crippen molar-refractivity contribution in [2.45, 2.75) is 81.1 Å². The van der Waals surface area contributed by atoms with E-state index in [1.54, 1.807) is 0 Å². The molecule has 0 fully saturated rings. The van der Waals surface area contributed by atoms with E-state index in [2.05, 4.69) is 112 Å². The van der Waals surface area contributed by atoms with Crippen molar-refractivity contribution in [2.75, 3.05) is 27.4 Å². The first-order valence-corrected chi connectivity index (χ1v) is 18.4. The van der Waals surface area contributed by atoms with Gasteiger partial charge in [0, 0.05) is 0 Å². The van der Waals surface area contributed by atoms with Gasteiger partial charge in [-0.2, -0.15) is 0 Å². The van der Waals surface area contributed by atoms with E-state index in [1.807, 2.05) is 73.1 Å². The van der Waals surface area contributed by atoms with Gasteiger partial charge in [-0.3, -0.25) is 0 Å². The number of carbonyl (C=O) groups is 4. The van der Waals surface area contributed by atoms with Gasteiger partial charge in [-0.1, -0.05) is 143 Å². The number of ether oxygens (including phenoxy) is 4. The van der Waals surface area contributed by atoms with E-state index in [0.717, 1.165) is 59.1 Å². The highest BCUT2D eigenvalue weighted by Gasteiger charge is 2.08. The molecule has 0 radical (unpaired) electrons. The number of allylic oxidation sites excluding steroid dienone is 24. The summed E-state index contributed by atoms with van der Waals surface area (Å²) < 4.78 is 18.6. The molecule has 0 atom stereocenters. The summed E-state index contributed by atoms with van der Waals surface area (Å²) in [6, 6.07) is 0. The second-order valence-electron chi connectivity index (χ2n) is 13.1. The lowest BCUT2D eigenvalue weighted by Gasteiger charge is -2.05. The van der Waals surface area contributed by atoms with Crippen molar-refractivity contribution in [3.63, 3.8) is 0 Å². The maximum atomic E-state index is 11.5. The molecular weight excluding hydrogens is 709 g/mol. The molecule has 10 heteroatoms. The number of amides is 4. The number of nitrogens with one attached hydrogen (secondary N) is 2. The maximum Gasteiger partial charge on any atom is 0.416 e. The van der Waals surface area contributed by atoms with Crippen molar-refractivity contribution in [1.82, 2.24) is 10.6 Å². The monoisotopic (exact) mass is 770 g/mol. The van der Waals surface area contributed by atoms with Gasteiger partial charge in [-0.15, -0.1) is 0 Å². The summed E-state index contributed by atoms with van der Waals surface area (Å²) in [5.41, 5.74) is 8.81. The molecule has 4 amide bonds. The summed E-state index contributed by atoms with van der Waals surface area (Å²) >= 11 is 0. The SMILES string of the molecule is COC(=O)NC(=O)OC/C(C)=C/CC/C(C)=C/C=C/C(C)=C/C=C/C(C)=C/C=C/C=C(C)/C=C/C=C(C)/C=C/C=C(\C)CC/C=C(\C)COC(=O)NC(=O)OC. The Morgan fingerprint density at radius 3 is 1.04 bits per heavy atom. The van der Waals surface area contributed by atoms with Crippen molar-refractivity contribution in [3.8, 4) is 0 Å². The highest BCUT2D eigenvalue weighted by Crippen LogP contribution is 2.10. The Kier molecular flexibility index (Phi) is 28.1. The van der Waals surface area contributed by atoms with Crippen LogP contribution in [-0.2, 0) is 18.9 Å². The molecule has 0 aliphatic carbocycles. The minimum absolute atomic E-state index is 0.107. The van der Waals surface area contributed by atoms with Crippen LogP contribution in [0.1, 0.15) is 81.1 Å². The summed E-state index contributed by atoms with van der Waals surface area (Å²) in [6.07, 6.45) is 37.0. The van der Waals surface area contributed by atoms with Crippen LogP contribution in [0.15, 0.2) is 154 Å². The minimum atomic E-state index is -0.854. The molecule has 0 spiro atoms. The van der Waals surface area contributed by atoms with Crippen LogP contribution in [0.2, 0.25) is 0 Å². The first kappa shape index (κ1) is 50.1. The molecule has 304 valence electrons. The second-order valence-corrected chi connectivity index (χ2v) is 13.1. The van der Waals surface area contributed by atoms with E-state index in [-0.39, 0.29) is 13.2 Å². The summed E-state index contributed by atoms with van der Waals surface area (Å²) in [4.78, 5) is 44.9. The Morgan fingerprint density at radius 1 is 0.411 bits per heavy atom. The third kappa shape index (κ3) is 30.6. The highest BCUT2D eigenvalue weighted by atomic mass is 16.6. The first-order valence-electron chi connectivity index (χ1n) is 18.4. The number of hydrogen-bond acceptors (Lipinski definition) is 8. The van der Waals surface area contributed by atoms with Gasteiger partial charge >= 0.3 is 24.4 Å². The van der Waals surface area contributed by atoms with Gasteiger partial charge in [-0.25, -0.2) is 29.8 Å². The number of hydrogen-bond donors (Lipinski definition) is 2. The van der Waals surface area contributed by atoms with Crippen molar-refractivity contribution >= 4 is 24.4 Å². The number of rotatable bonds is 20. The average Bonchev–Trinajstić information content (AvgIpc) is 3.14. The lowest BCUT2D eigenvalue weighted by atomic mass is 10.1. The number of methoxy groups -OCH3 is 2. The molecule has 56 heavy (non-hydrogen) atoms. The summed E-state index contributed by atoms with van der Waals surface area (Å²) in [7, 11) is 2.35. The molecular formula is C46H62N2O8. The summed E-state index contributed by atoms with van der Waals surface area (Å²) in [6.45, 7) is 16.4. The van der Waals surface area contributed by atoms with Gasteiger partial charge in [0.1, 0.15) is 13.2 Å². The van der Waals surface area contributed by atoms with E-state index in [9.17, 15) is 19.2 Å². The first-order chi connectivity index (χ1) is 26.6. The van der Waals surface area contributed by atoms with Gasteiger partial charge in [0.2, 0.25) is 0 Å². The van der Waals surface area contributed by atoms with Gasteiger partial charge < -0.3 is 18.9 Å².